The van der Waals surface area contributed by atoms with E-state index in [1.807, 2.05) is 0 Å². The smallest absolute Gasteiger partial charge is 0.0708 e. The summed E-state index contributed by atoms with van der Waals surface area (Å²) in [5.74, 6) is 0. The van der Waals surface area contributed by atoms with E-state index >= 15 is 0 Å². The molecule has 2 heteroatoms. The van der Waals surface area contributed by atoms with Gasteiger partial charge in [-0.1, -0.05) is 44.9 Å². The van der Waals surface area contributed by atoms with Gasteiger partial charge in [0.2, 0.25) is 0 Å². The maximum atomic E-state index is 6.45. The molecule has 1 aliphatic heterocycles. The Bertz CT molecular complexity index is 264. The van der Waals surface area contributed by atoms with Gasteiger partial charge in [0.25, 0.3) is 0 Å². The average molecular weight is 265 g/mol. The van der Waals surface area contributed by atoms with Gasteiger partial charge in [-0.25, -0.2) is 0 Å². The van der Waals surface area contributed by atoms with Crippen LogP contribution in [-0.4, -0.2) is 24.3 Å². The Hall–Kier alpha value is -0.0800. The maximum absolute atomic E-state index is 6.45. The molecule has 1 spiro atoms. The van der Waals surface area contributed by atoms with Crippen molar-refractivity contribution in [3.8, 4) is 0 Å². The van der Waals surface area contributed by atoms with E-state index in [0.717, 1.165) is 12.6 Å². The van der Waals surface area contributed by atoms with E-state index in [0.29, 0.717) is 11.7 Å². The summed E-state index contributed by atoms with van der Waals surface area (Å²) in [6.07, 6.45) is 18.5. The van der Waals surface area contributed by atoms with Gasteiger partial charge in [0, 0.05) is 12.6 Å². The molecule has 1 N–H and O–H groups in total. The number of hydrogen-bond donors (Lipinski definition) is 1. The molecule has 110 valence electrons. The minimum atomic E-state index is 0.300. The average Bonchev–Trinajstić information content (AvgIpc) is 2.66. The highest BCUT2D eigenvalue weighted by atomic mass is 16.5. The molecule has 3 rings (SSSR count). The summed E-state index contributed by atoms with van der Waals surface area (Å²) >= 11 is 0. The quantitative estimate of drug-likeness (QED) is 0.773. The molecule has 19 heavy (non-hydrogen) atoms. The van der Waals surface area contributed by atoms with Crippen molar-refractivity contribution >= 4 is 0 Å². The second kappa shape index (κ2) is 6.58. The van der Waals surface area contributed by atoms with E-state index in [-0.39, 0.29) is 0 Å². The molecule has 2 aliphatic carbocycles. The lowest BCUT2D eigenvalue weighted by atomic mass is 9.83. The van der Waals surface area contributed by atoms with E-state index in [4.69, 9.17) is 4.74 Å². The Morgan fingerprint density at radius 1 is 0.789 bits per heavy atom. The van der Waals surface area contributed by atoms with Crippen molar-refractivity contribution < 1.29 is 4.74 Å². The van der Waals surface area contributed by atoms with Gasteiger partial charge in [-0.15, -0.1) is 0 Å². The van der Waals surface area contributed by atoms with E-state index in [1.54, 1.807) is 0 Å². The van der Waals surface area contributed by atoms with Crippen LogP contribution in [0, 0.1) is 0 Å². The first-order valence-corrected chi connectivity index (χ1v) is 8.78. The van der Waals surface area contributed by atoms with Crippen molar-refractivity contribution in [3.05, 3.63) is 0 Å². The monoisotopic (exact) mass is 265 g/mol. The molecule has 0 radical (unpaired) electrons. The molecule has 0 aromatic rings. The van der Waals surface area contributed by atoms with Gasteiger partial charge >= 0.3 is 0 Å². The Morgan fingerprint density at radius 3 is 2.21 bits per heavy atom. The predicted molar refractivity (Wildman–Crippen MR) is 79.4 cm³/mol. The summed E-state index contributed by atoms with van der Waals surface area (Å²) in [7, 11) is 0. The van der Waals surface area contributed by atoms with Gasteiger partial charge in [-0.3, -0.25) is 0 Å². The van der Waals surface area contributed by atoms with Crippen LogP contribution in [0.15, 0.2) is 0 Å². The Balaban J connectivity index is 1.41. The second-order valence-corrected chi connectivity index (χ2v) is 7.12. The first kappa shape index (κ1) is 13.9. The lowest BCUT2D eigenvalue weighted by molar-refractivity contribution is -0.0630. The van der Waals surface area contributed by atoms with E-state index in [2.05, 4.69) is 5.32 Å². The van der Waals surface area contributed by atoms with Crippen LogP contribution in [0.2, 0.25) is 0 Å². The fourth-order valence-electron chi connectivity index (χ4n) is 4.38. The molecule has 0 aromatic carbocycles. The van der Waals surface area contributed by atoms with Crippen LogP contribution in [-0.2, 0) is 4.74 Å². The highest BCUT2D eigenvalue weighted by molar-refractivity contribution is 4.92. The van der Waals surface area contributed by atoms with Crippen molar-refractivity contribution in [1.82, 2.24) is 5.32 Å². The predicted octanol–water partition coefficient (Wildman–Crippen LogP) is 4.18. The highest BCUT2D eigenvalue weighted by Gasteiger charge is 2.40. The minimum absolute atomic E-state index is 0.300. The first-order chi connectivity index (χ1) is 9.36. The van der Waals surface area contributed by atoms with Gasteiger partial charge in [-0.05, 0) is 38.5 Å². The van der Waals surface area contributed by atoms with Gasteiger partial charge in [0.15, 0.2) is 0 Å². The van der Waals surface area contributed by atoms with Crippen molar-refractivity contribution in [3.63, 3.8) is 0 Å². The molecule has 2 nitrogen and oxygen atoms in total. The van der Waals surface area contributed by atoms with Crippen LogP contribution in [0.3, 0.4) is 0 Å². The molecule has 0 bridgehead atoms. The molecule has 1 saturated heterocycles. The van der Waals surface area contributed by atoms with Gasteiger partial charge in [-0.2, -0.15) is 0 Å². The van der Waals surface area contributed by atoms with Crippen LogP contribution < -0.4 is 5.32 Å². The van der Waals surface area contributed by atoms with Crippen LogP contribution in [0.5, 0.6) is 0 Å². The van der Waals surface area contributed by atoms with Gasteiger partial charge < -0.3 is 10.1 Å². The van der Waals surface area contributed by atoms with Crippen molar-refractivity contribution in [2.75, 3.05) is 6.54 Å². The van der Waals surface area contributed by atoms with Crippen LogP contribution >= 0.6 is 0 Å². The zero-order chi connectivity index (χ0) is 13.0. The summed E-state index contributed by atoms with van der Waals surface area (Å²) in [4.78, 5) is 0. The SMILES string of the molecule is C1CCCC(NCC2CCC3(CCCCC3)O2)CC1. The van der Waals surface area contributed by atoms with E-state index in [1.165, 1.54) is 83.5 Å². The van der Waals surface area contributed by atoms with E-state index < -0.39 is 0 Å². The van der Waals surface area contributed by atoms with Crippen LogP contribution in [0.4, 0.5) is 0 Å². The van der Waals surface area contributed by atoms with Gasteiger partial charge in [0.05, 0.1) is 11.7 Å². The highest BCUT2D eigenvalue weighted by Crippen LogP contribution is 2.41. The molecule has 1 atom stereocenters. The molecular formula is C17H31NO. The van der Waals surface area contributed by atoms with Crippen molar-refractivity contribution in [2.24, 2.45) is 0 Å². The zero-order valence-electron chi connectivity index (χ0n) is 12.5. The third-order valence-corrected chi connectivity index (χ3v) is 5.59. The maximum Gasteiger partial charge on any atom is 0.0708 e. The van der Waals surface area contributed by atoms with Crippen LogP contribution in [0.25, 0.3) is 0 Å². The summed E-state index contributed by atoms with van der Waals surface area (Å²) < 4.78 is 6.45. The number of hydrogen-bond acceptors (Lipinski definition) is 2. The Morgan fingerprint density at radius 2 is 1.47 bits per heavy atom. The van der Waals surface area contributed by atoms with E-state index in [9.17, 15) is 0 Å². The van der Waals surface area contributed by atoms with Crippen molar-refractivity contribution in [1.29, 1.82) is 0 Å². The number of nitrogens with one attached hydrogen (secondary N) is 1. The molecule has 2 saturated carbocycles. The fraction of sp³-hybridized carbons (Fsp3) is 1.00. The summed E-state index contributed by atoms with van der Waals surface area (Å²) in [6, 6.07) is 0.772. The summed E-state index contributed by atoms with van der Waals surface area (Å²) in [5, 5.41) is 3.80. The third kappa shape index (κ3) is 3.72. The summed E-state index contributed by atoms with van der Waals surface area (Å²) in [6.45, 7) is 1.10. The third-order valence-electron chi connectivity index (χ3n) is 5.59. The molecule has 3 fully saturated rings. The number of ether oxygens (including phenoxy) is 1. The second-order valence-electron chi connectivity index (χ2n) is 7.12. The Kier molecular flexibility index (Phi) is 4.81. The molecule has 0 aromatic heterocycles. The topological polar surface area (TPSA) is 21.3 Å². The molecule has 0 amide bonds. The fourth-order valence-corrected chi connectivity index (χ4v) is 4.38. The largest absolute Gasteiger partial charge is 0.370 e. The number of rotatable bonds is 3. The standard InChI is InChI=1S/C17H31NO/c1-2-5-9-15(8-4-1)18-14-16-10-13-17(19-16)11-6-3-7-12-17/h15-16,18H,1-14H2. The van der Waals surface area contributed by atoms with Crippen LogP contribution in [0.1, 0.15) is 83.5 Å². The molecule has 1 heterocycles. The zero-order valence-corrected chi connectivity index (χ0v) is 12.5. The normalized spacial score (nSPS) is 32.5. The van der Waals surface area contributed by atoms with Crippen molar-refractivity contribution in [2.45, 2.75) is 101 Å². The molecular weight excluding hydrogens is 234 g/mol. The van der Waals surface area contributed by atoms with Gasteiger partial charge in [0.1, 0.15) is 0 Å². The lowest BCUT2D eigenvalue weighted by Crippen LogP contribution is -2.38. The first-order valence-electron chi connectivity index (χ1n) is 8.78. The Labute approximate surface area is 118 Å². The summed E-state index contributed by atoms with van der Waals surface area (Å²) in [5.41, 5.74) is 0.300. The molecule has 3 aliphatic rings. The lowest BCUT2D eigenvalue weighted by Gasteiger charge is -2.33. The minimum Gasteiger partial charge on any atom is -0.370 e. The molecule has 1 unspecified atom stereocenters.